The smallest absolute Gasteiger partial charge is 0.248 e. The summed E-state index contributed by atoms with van der Waals surface area (Å²) in [5, 5.41) is 8.03. The minimum atomic E-state index is 0.142. The molecule has 1 fully saturated rings. The SMILES string of the molecule is CN(C)CN(C=O)C1CCc2ncc(Nc3nc(N)n(-c4cc(-c5ccccc5)c5c(n4)C4CCN5CC4)n3)cc2C1. The lowest BCUT2D eigenvalue weighted by atomic mass is 9.84. The first-order chi connectivity index (χ1) is 20.5. The number of aryl methyl sites for hydroxylation is 1. The number of nitrogens with two attached hydrogens (primary N) is 1. The van der Waals surface area contributed by atoms with Gasteiger partial charge in [-0.1, -0.05) is 30.3 Å². The number of anilines is 4. The highest BCUT2D eigenvalue weighted by Gasteiger charge is 2.35. The van der Waals surface area contributed by atoms with Crippen molar-refractivity contribution in [2.24, 2.45) is 0 Å². The van der Waals surface area contributed by atoms with Gasteiger partial charge in [0.15, 0.2) is 5.82 Å². The Bertz CT molecular complexity index is 1610. The van der Waals surface area contributed by atoms with Crippen LogP contribution in [-0.4, -0.2) is 80.8 Å². The average molecular weight is 565 g/mol. The van der Waals surface area contributed by atoms with Crippen LogP contribution in [0.3, 0.4) is 0 Å². The summed E-state index contributed by atoms with van der Waals surface area (Å²) in [6.07, 6.45) is 7.48. The van der Waals surface area contributed by atoms with Gasteiger partial charge in [-0.2, -0.15) is 9.67 Å². The second-order valence-electron chi connectivity index (χ2n) is 11.8. The molecule has 0 saturated carbocycles. The summed E-state index contributed by atoms with van der Waals surface area (Å²) < 4.78 is 1.62. The molecule has 6 heterocycles. The first-order valence-corrected chi connectivity index (χ1v) is 14.7. The molecule has 1 unspecified atom stereocenters. The van der Waals surface area contributed by atoms with Crippen molar-refractivity contribution in [3.8, 4) is 16.9 Å². The summed E-state index contributed by atoms with van der Waals surface area (Å²) in [5.74, 6) is 1.75. The summed E-state index contributed by atoms with van der Waals surface area (Å²) in [7, 11) is 3.94. The van der Waals surface area contributed by atoms with Gasteiger partial charge in [0, 0.05) is 36.3 Å². The molecular formula is C31H36N10O. The summed E-state index contributed by atoms with van der Waals surface area (Å²) in [4.78, 5) is 32.4. The van der Waals surface area contributed by atoms with E-state index in [4.69, 9.17) is 20.8 Å². The van der Waals surface area contributed by atoms with Gasteiger partial charge >= 0.3 is 0 Å². The number of nitrogen functional groups attached to an aromatic ring is 1. The molecule has 1 aromatic carbocycles. The molecule has 11 nitrogen and oxygen atoms in total. The molecular weight excluding hydrogens is 528 g/mol. The van der Waals surface area contributed by atoms with E-state index in [-0.39, 0.29) is 12.0 Å². The number of rotatable bonds is 8. The Hall–Kier alpha value is -4.51. The Kier molecular flexibility index (Phi) is 6.73. The average Bonchev–Trinajstić information content (AvgIpc) is 3.39. The highest BCUT2D eigenvalue weighted by molar-refractivity contribution is 5.83. The van der Waals surface area contributed by atoms with Crippen LogP contribution < -0.4 is 16.0 Å². The van der Waals surface area contributed by atoms with Crippen LogP contribution >= 0.6 is 0 Å². The summed E-state index contributed by atoms with van der Waals surface area (Å²) in [6.45, 7) is 2.73. The van der Waals surface area contributed by atoms with Crippen LogP contribution in [0.4, 0.5) is 23.3 Å². The van der Waals surface area contributed by atoms with Gasteiger partial charge in [0.2, 0.25) is 18.3 Å². The number of benzene rings is 1. The second-order valence-corrected chi connectivity index (χ2v) is 11.8. The molecule has 1 aliphatic carbocycles. The summed E-state index contributed by atoms with van der Waals surface area (Å²) >= 11 is 0. The maximum atomic E-state index is 11.8. The van der Waals surface area contributed by atoms with E-state index >= 15 is 0 Å². The number of aromatic nitrogens is 5. The lowest BCUT2D eigenvalue weighted by Crippen LogP contribution is -2.43. The molecule has 3 aliphatic heterocycles. The van der Waals surface area contributed by atoms with E-state index in [0.29, 0.717) is 24.4 Å². The molecule has 0 spiro atoms. The Morgan fingerprint density at radius 3 is 2.67 bits per heavy atom. The van der Waals surface area contributed by atoms with Crippen LogP contribution in [-0.2, 0) is 17.6 Å². The van der Waals surface area contributed by atoms with Crippen LogP contribution in [0.5, 0.6) is 0 Å². The molecule has 42 heavy (non-hydrogen) atoms. The van der Waals surface area contributed by atoms with Crippen LogP contribution in [0.15, 0.2) is 48.7 Å². The van der Waals surface area contributed by atoms with Crippen molar-refractivity contribution in [1.82, 2.24) is 34.5 Å². The third-order valence-electron chi connectivity index (χ3n) is 8.67. The van der Waals surface area contributed by atoms with Crippen LogP contribution in [0.1, 0.15) is 42.1 Å². The standard InChI is InChI=1S/C31H36N10O/c1-38(2)18-40(19-42)24-8-9-26-22(15-24)14-23(17-33-26)34-31-36-30(32)41(37-31)27-16-25(20-6-4-3-5-7-20)29-28(35-27)21-10-12-39(29)13-11-21/h3-7,14,16-17,19,21,24H,8-13,15,18H2,1-2H3,(H3,32,34,36,37). The maximum Gasteiger partial charge on any atom is 0.248 e. The number of hydrogen-bond acceptors (Lipinski definition) is 9. The van der Waals surface area contributed by atoms with Gasteiger partial charge in [0.1, 0.15) is 0 Å². The van der Waals surface area contributed by atoms with Crippen molar-refractivity contribution < 1.29 is 4.79 Å². The Balaban J connectivity index is 1.18. The number of carbonyl (C=O) groups is 1. The lowest BCUT2D eigenvalue weighted by Gasteiger charge is -2.42. The fourth-order valence-electron chi connectivity index (χ4n) is 6.67. The zero-order valence-corrected chi connectivity index (χ0v) is 24.1. The molecule has 3 aromatic heterocycles. The second kappa shape index (κ2) is 10.7. The highest BCUT2D eigenvalue weighted by Crippen LogP contribution is 2.46. The van der Waals surface area contributed by atoms with E-state index in [1.54, 1.807) is 4.68 Å². The van der Waals surface area contributed by atoms with Crippen LogP contribution in [0, 0.1) is 0 Å². The van der Waals surface area contributed by atoms with Crippen molar-refractivity contribution in [3.05, 3.63) is 65.6 Å². The Morgan fingerprint density at radius 1 is 1.10 bits per heavy atom. The minimum Gasteiger partial charge on any atom is -0.370 e. The van der Waals surface area contributed by atoms with E-state index in [1.807, 2.05) is 36.2 Å². The first kappa shape index (κ1) is 26.4. The van der Waals surface area contributed by atoms with Gasteiger partial charge in [-0.15, -0.1) is 5.10 Å². The fourth-order valence-corrected chi connectivity index (χ4v) is 6.67. The molecule has 4 aromatic rings. The molecule has 8 rings (SSSR count). The van der Waals surface area contributed by atoms with Gasteiger partial charge in [-0.25, -0.2) is 4.98 Å². The monoisotopic (exact) mass is 564 g/mol. The van der Waals surface area contributed by atoms with Gasteiger partial charge in [0.25, 0.3) is 0 Å². The molecule has 2 bridgehead atoms. The zero-order chi connectivity index (χ0) is 28.8. The molecule has 1 amide bonds. The largest absolute Gasteiger partial charge is 0.370 e. The van der Waals surface area contributed by atoms with E-state index < -0.39 is 0 Å². The first-order valence-electron chi connectivity index (χ1n) is 14.7. The van der Waals surface area contributed by atoms with Crippen LogP contribution in [0.25, 0.3) is 16.9 Å². The Morgan fingerprint density at radius 2 is 1.90 bits per heavy atom. The minimum absolute atomic E-state index is 0.142. The third-order valence-corrected chi connectivity index (χ3v) is 8.67. The molecule has 0 radical (unpaired) electrons. The predicted octanol–water partition coefficient (Wildman–Crippen LogP) is 3.58. The maximum absolute atomic E-state index is 11.8. The van der Waals surface area contributed by atoms with Gasteiger partial charge in [-0.3, -0.25) is 14.7 Å². The zero-order valence-electron chi connectivity index (χ0n) is 24.1. The topological polar surface area (TPSA) is 121 Å². The number of pyridine rings is 2. The van der Waals surface area contributed by atoms with Crippen molar-refractivity contribution in [2.45, 2.75) is 44.1 Å². The number of nitrogens with zero attached hydrogens (tertiary/aromatic N) is 8. The number of piperidine rings is 1. The molecule has 216 valence electrons. The Labute approximate surface area is 245 Å². The molecule has 4 aliphatic rings. The quantitative estimate of drug-likeness (QED) is 0.244. The number of nitrogens with one attached hydrogen (secondary N) is 1. The molecule has 11 heteroatoms. The fraction of sp³-hybridized carbons (Fsp3) is 0.387. The van der Waals surface area contributed by atoms with Crippen molar-refractivity contribution in [1.29, 1.82) is 0 Å². The molecule has 3 N–H and O–H groups in total. The van der Waals surface area contributed by atoms with Crippen LogP contribution in [0.2, 0.25) is 0 Å². The van der Waals surface area contributed by atoms with E-state index in [9.17, 15) is 4.79 Å². The van der Waals surface area contributed by atoms with E-state index in [1.165, 1.54) is 5.69 Å². The van der Waals surface area contributed by atoms with Crippen molar-refractivity contribution >= 4 is 29.7 Å². The third kappa shape index (κ3) is 4.83. The summed E-state index contributed by atoms with van der Waals surface area (Å²) in [6, 6.07) is 14.8. The number of fused-ring (bicyclic) bond motifs is 3. The van der Waals surface area contributed by atoms with E-state index in [2.05, 4.69) is 51.6 Å². The highest BCUT2D eigenvalue weighted by atomic mass is 16.1. The lowest BCUT2D eigenvalue weighted by molar-refractivity contribution is -0.122. The number of hydrogen-bond donors (Lipinski definition) is 2. The number of carbonyl (C=O) groups excluding carboxylic acids is 1. The summed E-state index contributed by atoms with van der Waals surface area (Å²) in [5.41, 5.74) is 14.1. The van der Waals surface area contributed by atoms with E-state index in [0.717, 1.165) is 85.4 Å². The number of amides is 1. The molecule has 1 atom stereocenters. The van der Waals surface area contributed by atoms with Gasteiger partial charge in [-0.05, 0) is 69.5 Å². The van der Waals surface area contributed by atoms with Gasteiger partial charge < -0.3 is 20.9 Å². The predicted molar refractivity (Wildman–Crippen MR) is 163 cm³/mol. The van der Waals surface area contributed by atoms with Crippen molar-refractivity contribution in [2.75, 3.05) is 49.8 Å². The van der Waals surface area contributed by atoms with Crippen molar-refractivity contribution in [3.63, 3.8) is 0 Å². The molecule has 1 saturated heterocycles. The van der Waals surface area contributed by atoms with Gasteiger partial charge in [0.05, 0.1) is 29.9 Å². The normalized spacial score (nSPS) is 17.7.